The van der Waals surface area contributed by atoms with Crippen LogP contribution in [0.5, 0.6) is 5.75 Å². The molecule has 0 saturated heterocycles. The quantitative estimate of drug-likeness (QED) is 0.586. The summed E-state index contributed by atoms with van der Waals surface area (Å²) >= 11 is 3.13. The molecule has 0 aliphatic heterocycles. The van der Waals surface area contributed by atoms with Crippen molar-refractivity contribution in [3.63, 3.8) is 0 Å². The van der Waals surface area contributed by atoms with Crippen LogP contribution in [0.2, 0.25) is 0 Å². The molecule has 0 saturated carbocycles. The van der Waals surface area contributed by atoms with Crippen LogP contribution in [0.25, 0.3) is 0 Å². The van der Waals surface area contributed by atoms with E-state index in [9.17, 15) is 4.79 Å². The van der Waals surface area contributed by atoms with Crippen molar-refractivity contribution in [3.05, 3.63) is 29.8 Å². The molecule has 0 radical (unpaired) electrons. The molecule has 0 bridgehead atoms. The van der Waals surface area contributed by atoms with Crippen molar-refractivity contribution in [1.29, 1.82) is 0 Å². The van der Waals surface area contributed by atoms with Crippen molar-refractivity contribution in [2.24, 2.45) is 0 Å². The Bertz CT molecular complexity index is 318. The molecule has 0 heterocycles. The highest BCUT2D eigenvalue weighted by atomic mass is 32.2. The SMILES string of the molecule is COc1ccc(C(=O)C(SC)SC)cc1. The van der Waals surface area contributed by atoms with E-state index in [1.165, 1.54) is 0 Å². The summed E-state index contributed by atoms with van der Waals surface area (Å²) in [6.45, 7) is 0. The maximum Gasteiger partial charge on any atom is 0.185 e. The summed E-state index contributed by atoms with van der Waals surface area (Å²) in [6, 6.07) is 7.23. The maximum absolute atomic E-state index is 11.9. The van der Waals surface area contributed by atoms with Gasteiger partial charge in [-0.05, 0) is 36.8 Å². The Morgan fingerprint density at radius 2 is 1.73 bits per heavy atom. The molecule has 82 valence electrons. The van der Waals surface area contributed by atoms with Gasteiger partial charge in [-0.3, -0.25) is 4.79 Å². The van der Waals surface area contributed by atoms with E-state index >= 15 is 0 Å². The minimum Gasteiger partial charge on any atom is -0.497 e. The number of carbonyl (C=O) groups is 1. The molecule has 0 N–H and O–H groups in total. The fourth-order valence-corrected chi connectivity index (χ4v) is 2.67. The summed E-state index contributed by atoms with van der Waals surface area (Å²) in [7, 11) is 1.61. The van der Waals surface area contributed by atoms with Gasteiger partial charge in [0, 0.05) is 5.56 Å². The average Bonchev–Trinajstić information content (AvgIpc) is 2.30. The molecule has 1 rings (SSSR count). The zero-order valence-electron chi connectivity index (χ0n) is 9.02. The summed E-state index contributed by atoms with van der Waals surface area (Å²) in [6.07, 6.45) is 3.89. The molecule has 15 heavy (non-hydrogen) atoms. The Balaban J connectivity index is 2.82. The molecule has 4 heteroatoms. The second-order valence-electron chi connectivity index (χ2n) is 2.90. The normalized spacial score (nSPS) is 10.4. The molecule has 0 spiro atoms. The van der Waals surface area contributed by atoms with Crippen molar-refractivity contribution in [2.45, 2.75) is 4.58 Å². The first-order valence-corrected chi connectivity index (χ1v) is 7.04. The number of methoxy groups -OCH3 is 1. The molecular formula is C11H14O2S2. The molecule has 0 aromatic heterocycles. The molecule has 0 unspecified atom stereocenters. The molecule has 1 aromatic rings. The fourth-order valence-electron chi connectivity index (χ4n) is 1.20. The predicted octanol–water partition coefficient (Wildman–Crippen LogP) is 2.93. The van der Waals surface area contributed by atoms with Crippen LogP contribution in [0.1, 0.15) is 10.4 Å². The van der Waals surface area contributed by atoms with Gasteiger partial charge in [-0.25, -0.2) is 0 Å². The molecule has 0 fully saturated rings. The zero-order chi connectivity index (χ0) is 11.3. The van der Waals surface area contributed by atoms with Crippen LogP contribution in [-0.2, 0) is 0 Å². The van der Waals surface area contributed by atoms with Crippen LogP contribution in [0.4, 0.5) is 0 Å². The summed E-state index contributed by atoms with van der Waals surface area (Å²) in [5.41, 5.74) is 0.740. The van der Waals surface area contributed by atoms with E-state index in [0.29, 0.717) is 0 Å². The number of Topliss-reactive ketones (excluding diaryl/α,β-unsaturated/α-hetero) is 1. The first kappa shape index (κ1) is 12.5. The van der Waals surface area contributed by atoms with Gasteiger partial charge in [0.05, 0.1) is 7.11 Å². The van der Waals surface area contributed by atoms with Crippen molar-refractivity contribution in [2.75, 3.05) is 19.6 Å². The van der Waals surface area contributed by atoms with Gasteiger partial charge in [0.25, 0.3) is 0 Å². The number of hydrogen-bond donors (Lipinski definition) is 0. The largest absolute Gasteiger partial charge is 0.497 e. The zero-order valence-corrected chi connectivity index (χ0v) is 10.7. The number of rotatable bonds is 5. The number of ether oxygens (including phenoxy) is 1. The number of carbonyl (C=O) groups excluding carboxylic acids is 1. The van der Waals surface area contributed by atoms with Crippen LogP contribution in [0, 0.1) is 0 Å². The molecule has 0 aliphatic carbocycles. The van der Waals surface area contributed by atoms with Gasteiger partial charge in [0.1, 0.15) is 10.3 Å². The number of ketones is 1. The minimum absolute atomic E-state index is 0.0154. The van der Waals surface area contributed by atoms with E-state index < -0.39 is 0 Å². The first-order valence-electron chi connectivity index (χ1n) is 4.46. The van der Waals surface area contributed by atoms with Gasteiger partial charge in [-0.15, -0.1) is 23.5 Å². The fraction of sp³-hybridized carbons (Fsp3) is 0.364. The van der Waals surface area contributed by atoms with E-state index in [4.69, 9.17) is 4.74 Å². The first-order chi connectivity index (χ1) is 7.22. The van der Waals surface area contributed by atoms with Crippen molar-refractivity contribution >= 4 is 29.3 Å². The number of hydrogen-bond acceptors (Lipinski definition) is 4. The third-order valence-electron chi connectivity index (χ3n) is 2.02. The highest BCUT2D eigenvalue weighted by Crippen LogP contribution is 2.24. The lowest BCUT2D eigenvalue weighted by atomic mass is 10.1. The maximum atomic E-state index is 11.9. The third-order valence-corrected chi connectivity index (χ3v) is 4.46. The van der Waals surface area contributed by atoms with E-state index in [0.717, 1.165) is 11.3 Å². The Labute approximate surface area is 98.8 Å². The van der Waals surface area contributed by atoms with Gasteiger partial charge >= 0.3 is 0 Å². The number of thioether (sulfide) groups is 2. The topological polar surface area (TPSA) is 26.3 Å². The molecular weight excluding hydrogens is 228 g/mol. The molecule has 0 amide bonds. The van der Waals surface area contributed by atoms with Gasteiger partial charge in [-0.1, -0.05) is 0 Å². The monoisotopic (exact) mass is 242 g/mol. The Hall–Kier alpha value is -0.610. The average molecular weight is 242 g/mol. The van der Waals surface area contributed by atoms with E-state index in [1.54, 1.807) is 42.8 Å². The van der Waals surface area contributed by atoms with Crippen molar-refractivity contribution in [3.8, 4) is 5.75 Å². The number of benzene rings is 1. The second-order valence-corrected chi connectivity index (χ2v) is 5.08. The van der Waals surface area contributed by atoms with E-state index in [-0.39, 0.29) is 10.4 Å². The second kappa shape index (κ2) is 6.08. The Morgan fingerprint density at radius 3 is 2.13 bits per heavy atom. The van der Waals surface area contributed by atoms with Gasteiger partial charge in [0.15, 0.2) is 5.78 Å². The molecule has 2 nitrogen and oxygen atoms in total. The molecule has 1 aromatic carbocycles. The smallest absolute Gasteiger partial charge is 0.185 e. The van der Waals surface area contributed by atoms with Crippen LogP contribution >= 0.6 is 23.5 Å². The van der Waals surface area contributed by atoms with Crippen molar-refractivity contribution in [1.82, 2.24) is 0 Å². The lowest BCUT2D eigenvalue weighted by Gasteiger charge is -2.10. The predicted molar refractivity (Wildman–Crippen MR) is 68.1 cm³/mol. The third kappa shape index (κ3) is 3.18. The Morgan fingerprint density at radius 1 is 1.20 bits per heavy atom. The van der Waals surface area contributed by atoms with Gasteiger partial charge in [0.2, 0.25) is 0 Å². The van der Waals surface area contributed by atoms with Gasteiger partial charge in [-0.2, -0.15) is 0 Å². The van der Waals surface area contributed by atoms with Crippen molar-refractivity contribution < 1.29 is 9.53 Å². The van der Waals surface area contributed by atoms with Crippen LogP contribution in [-0.4, -0.2) is 30.0 Å². The molecule has 0 atom stereocenters. The lowest BCUT2D eigenvalue weighted by Crippen LogP contribution is -2.12. The summed E-state index contributed by atoms with van der Waals surface area (Å²) in [5.74, 6) is 0.939. The standard InChI is InChI=1S/C11H14O2S2/c1-13-9-6-4-8(5-7-9)10(12)11(14-2)15-3/h4-7,11H,1-3H3. The summed E-state index contributed by atoms with van der Waals surface area (Å²) < 4.78 is 5.02. The van der Waals surface area contributed by atoms with E-state index in [2.05, 4.69) is 0 Å². The summed E-state index contributed by atoms with van der Waals surface area (Å²) in [5, 5.41) is 0. The van der Waals surface area contributed by atoms with E-state index in [1.807, 2.05) is 24.6 Å². The van der Waals surface area contributed by atoms with Crippen LogP contribution in [0.15, 0.2) is 24.3 Å². The summed E-state index contributed by atoms with van der Waals surface area (Å²) in [4.78, 5) is 11.9. The highest BCUT2D eigenvalue weighted by Gasteiger charge is 2.17. The van der Waals surface area contributed by atoms with Crippen LogP contribution < -0.4 is 4.74 Å². The lowest BCUT2D eigenvalue weighted by molar-refractivity contribution is 0.101. The van der Waals surface area contributed by atoms with Gasteiger partial charge < -0.3 is 4.74 Å². The van der Waals surface area contributed by atoms with Crippen LogP contribution in [0.3, 0.4) is 0 Å². The highest BCUT2D eigenvalue weighted by molar-refractivity contribution is 8.17. The molecule has 0 aliphatic rings. The minimum atomic E-state index is -0.0154. The Kier molecular flexibility index (Phi) is 5.05.